The Morgan fingerprint density at radius 3 is 2.60 bits per heavy atom. The van der Waals surface area contributed by atoms with Gasteiger partial charge in [0, 0.05) is 13.7 Å². The Labute approximate surface area is 203 Å². The van der Waals surface area contributed by atoms with Crippen molar-refractivity contribution in [3.05, 3.63) is 87.3 Å². The highest BCUT2D eigenvalue weighted by Gasteiger charge is 2.20. The number of rotatable bonds is 8. The first-order valence-corrected chi connectivity index (χ1v) is 11.7. The van der Waals surface area contributed by atoms with E-state index in [9.17, 15) is 14.4 Å². The lowest BCUT2D eigenvalue weighted by atomic mass is 10.2. The lowest BCUT2D eigenvalue weighted by Gasteiger charge is -2.12. The summed E-state index contributed by atoms with van der Waals surface area (Å²) in [5.41, 5.74) is 0.948. The number of thiazole rings is 1. The van der Waals surface area contributed by atoms with Crippen molar-refractivity contribution in [2.45, 2.75) is 19.6 Å². The van der Waals surface area contributed by atoms with E-state index >= 15 is 0 Å². The molecule has 0 saturated carbocycles. The van der Waals surface area contributed by atoms with Gasteiger partial charge < -0.3 is 14.6 Å². The Balaban J connectivity index is 1.54. The molecule has 5 aromatic rings. The first-order chi connectivity index (χ1) is 17.0. The van der Waals surface area contributed by atoms with Gasteiger partial charge in [-0.15, -0.1) is 0 Å². The van der Waals surface area contributed by atoms with E-state index in [1.165, 1.54) is 22.2 Å². The molecule has 10 nitrogen and oxygen atoms in total. The van der Waals surface area contributed by atoms with E-state index in [0.717, 1.165) is 20.3 Å². The van der Waals surface area contributed by atoms with Crippen LogP contribution in [0.5, 0.6) is 0 Å². The number of aromatic nitrogens is 5. The van der Waals surface area contributed by atoms with Gasteiger partial charge in [0.25, 0.3) is 5.56 Å². The van der Waals surface area contributed by atoms with Gasteiger partial charge in [0.2, 0.25) is 5.91 Å². The first-order valence-electron chi connectivity index (χ1n) is 10.9. The molecule has 178 valence electrons. The molecule has 0 unspecified atom stereocenters. The number of nitrogens with one attached hydrogen (secondary N) is 1. The molecule has 0 radical (unpaired) electrons. The third-order valence-electron chi connectivity index (χ3n) is 5.55. The molecule has 0 spiro atoms. The number of methoxy groups -OCH3 is 1. The van der Waals surface area contributed by atoms with Gasteiger partial charge >= 0.3 is 5.69 Å². The molecule has 0 atom stereocenters. The lowest BCUT2D eigenvalue weighted by molar-refractivity contribution is -0.116. The fourth-order valence-corrected chi connectivity index (χ4v) is 4.76. The van der Waals surface area contributed by atoms with E-state index in [-0.39, 0.29) is 17.7 Å². The van der Waals surface area contributed by atoms with Gasteiger partial charge in [-0.2, -0.15) is 0 Å². The van der Waals surface area contributed by atoms with Gasteiger partial charge in [-0.3, -0.25) is 14.2 Å². The van der Waals surface area contributed by atoms with Crippen molar-refractivity contribution in [3.63, 3.8) is 0 Å². The second kappa shape index (κ2) is 9.65. The van der Waals surface area contributed by atoms with Crippen LogP contribution in [0.25, 0.3) is 21.4 Å². The highest BCUT2D eigenvalue weighted by atomic mass is 32.1. The molecule has 35 heavy (non-hydrogen) atoms. The maximum Gasteiger partial charge on any atom is 0.333 e. The number of carbonyl (C=O) groups excluding carboxylic acids is 1. The highest BCUT2D eigenvalue weighted by Crippen LogP contribution is 2.25. The predicted molar refractivity (Wildman–Crippen MR) is 134 cm³/mol. The molecule has 11 heteroatoms. The van der Waals surface area contributed by atoms with Gasteiger partial charge in [0.1, 0.15) is 6.54 Å². The summed E-state index contributed by atoms with van der Waals surface area (Å²) in [7, 11) is 1.56. The number of imidazole rings is 1. The van der Waals surface area contributed by atoms with Crippen LogP contribution in [0.3, 0.4) is 0 Å². The van der Waals surface area contributed by atoms with Crippen LogP contribution >= 0.6 is 11.3 Å². The zero-order valence-corrected chi connectivity index (χ0v) is 19.7. The molecule has 5 rings (SSSR count). The number of benzene rings is 2. The van der Waals surface area contributed by atoms with Crippen molar-refractivity contribution in [1.82, 2.24) is 23.7 Å². The average Bonchev–Trinajstić information content (AvgIpc) is 3.47. The molecule has 0 bridgehead atoms. The monoisotopic (exact) mass is 490 g/mol. The molecule has 3 aromatic heterocycles. The fourth-order valence-electron chi connectivity index (χ4n) is 3.87. The van der Waals surface area contributed by atoms with Crippen molar-refractivity contribution in [1.29, 1.82) is 0 Å². The average molecular weight is 491 g/mol. The number of nitrogens with zero attached hydrogens (tertiary/aromatic N) is 5. The number of fused-ring (bicyclic) bond motifs is 2. The maximum atomic E-state index is 13.4. The minimum atomic E-state index is -0.609. The zero-order valence-electron chi connectivity index (χ0n) is 18.9. The van der Waals surface area contributed by atoms with E-state index in [0.29, 0.717) is 18.3 Å². The molecule has 0 aliphatic carbocycles. The van der Waals surface area contributed by atoms with Crippen LogP contribution in [0, 0.1) is 0 Å². The third-order valence-corrected chi connectivity index (χ3v) is 6.50. The largest absolute Gasteiger partial charge is 0.383 e. The van der Waals surface area contributed by atoms with E-state index in [1.54, 1.807) is 11.7 Å². The number of para-hydroxylation sites is 1. The van der Waals surface area contributed by atoms with Crippen LogP contribution in [0.4, 0.5) is 5.13 Å². The summed E-state index contributed by atoms with van der Waals surface area (Å²) in [5.74, 6) is -0.517. The van der Waals surface area contributed by atoms with Crippen LogP contribution in [0.2, 0.25) is 0 Å². The van der Waals surface area contributed by atoms with Crippen molar-refractivity contribution in [3.8, 4) is 0 Å². The van der Waals surface area contributed by atoms with E-state index in [1.807, 2.05) is 54.6 Å². The van der Waals surface area contributed by atoms with Gasteiger partial charge in [-0.1, -0.05) is 53.8 Å². The summed E-state index contributed by atoms with van der Waals surface area (Å²) in [6.07, 6.45) is 1.51. The predicted octanol–water partition coefficient (Wildman–Crippen LogP) is 2.30. The van der Waals surface area contributed by atoms with Crippen LogP contribution < -0.4 is 16.6 Å². The summed E-state index contributed by atoms with van der Waals surface area (Å²) >= 11 is 1.32. The van der Waals surface area contributed by atoms with Crippen molar-refractivity contribution < 1.29 is 9.53 Å². The Bertz CT molecular complexity index is 1600. The van der Waals surface area contributed by atoms with E-state index < -0.39 is 23.7 Å². The zero-order chi connectivity index (χ0) is 24.4. The molecule has 0 fully saturated rings. The number of hydrogen-bond donors (Lipinski definition) is 1. The van der Waals surface area contributed by atoms with E-state index in [4.69, 9.17) is 4.74 Å². The minimum absolute atomic E-state index is 0.206. The van der Waals surface area contributed by atoms with Gasteiger partial charge in [0.05, 0.1) is 29.7 Å². The molecule has 0 aliphatic rings. The Hall–Kier alpha value is -4.09. The van der Waals surface area contributed by atoms with Crippen molar-refractivity contribution in [2.24, 2.45) is 0 Å². The molecule has 2 aromatic carbocycles. The number of ether oxygens (including phenoxy) is 1. The number of carbonyl (C=O) groups is 1. The SMILES string of the molecule is COCCn1cnc2c1c(=O)n(CC(=O)Nc1nc3ccccc3s1)c(=O)n2Cc1ccccc1. The molecule has 1 N–H and O–H groups in total. The van der Waals surface area contributed by atoms with Gasteiger partial charge in [-0.25, -0.2) is 19.3 Å². The third kappa shape index (κ3) is 4.51. The lowest BCUT2D eigenvalue weighted by Crippen LogP contribution is -2.43. The van der Waals surface area contributed by atoms with Crippen LogP contribution in [-0.2, 0) is 29.2 Å². The summed E-state index contributed by atoms with van der Waals surface area (Å²) in [6.45, 7) is 0.496. The van der Waals surface area contributed by atoms with Crippen molar-refractivity contribution >= 4 is 43.8 Å². The smallest absolute Gasteiger partial charge is 0.333 e. The molecule has 1 amide bonds. The first kappa shape index (κ1) is 22.7. The Morgan fingerprint density at radius 2 is 1.83 bits per heavy atom. The maximum absolute atomic E-state index is 13.4. The van der Waals surface area contributed by atoms with Gasteiger partial charge in [0.15, 0.2) is 16.3 Å². The van der Waals surface area contributed by atoms with Crippen LogP contribution in [0.15, 0.2) is 70.5 Å². The quantitative estimate of drug-likeness (QED) is 0.357. The topological polar surface area (TPSA) is 113 Å². The standard InChI is InChI=1S/C24H22N6O4S/c1-34-12-11-28-15-25-21-20(28)22(32)30(24(33)29(21)13-16-7-3-2-4-8-16)14-19(31)27-23-26-17-9-5-6-10-18(17)35-23/h2-10,15H,11-14H2,1H3,(H,26,27,31). The second-order valence-corrected chi connectivity index (χ2v) is 8.91. The van der Waals surface area contributed by atoms with Crippen molar-refractivity contribution in [2.75, 3.05) is 19.0 Å². The summed E-state index contributed by atoms with van der Waals surface area (Å²) < 4.78 is 10.1. The summed E-state index contributed by atoms with van der Waals surface area (Å²) in [6, 6.07) is 16.9. The normalized spacial score (nSPS) is 11.3. The minimum Gasteiger partial charge on any atom is -0.383 e. The molecule has 3 heterocycles. The Kier molecular flexibility index (Phi) is 6.25. The fraction of sp³-hybridized carbons (Fsp3) is 0.208. The van der Waals surface area contributed by atoms with Gasteiger partial charge in [-0.05, 0) is 17.7 Å². The Morgan fingerprint density at radius 1 is 1.06 bits per heavy atom. The molecule has 0 saturated heterocycles. The molecule has 0 aliphatic heterocycles. The molecular weight excluding hydrogens is 468 g/mol. The molecular formula is C24H22N6O4S. The summed E-state index contributed by atoms with van der Waals surface area (Å²) in [5, 5.41) is 3.12. The second-order valence-electron chi connectivity index (χ2n) is 7.88. The summed E-state index contributed by atoms with van der Waals surface area (Å²) in [4.78, 5) is 48.4. The van der Waals surface area contributed by atoms with Crippen LogP contribution in [0.1, 0.15) is 5.56 Å². The van der Waals surface area contributed by atoms with Crippen LogP contribution in [-0.4, -0.2) is 43.3 Å². The number of hydrogen-bond acceptors (Lipinski definition) is 7. The highest BCUT2D eigenvalue weighted by molar-refractivity contribution is 7.22. The van der Waals surface area contributed by atoms with E-state index in [2.05, 4.69) is 15.3 Å². The number of anilines is 1. The number of amides is 1.